The number of ether oxygens (including phenoxy) is 7. The lowest BCUT2D eigenvalue weighted by Gasteiger charge is -2.39. The number of aromatic nitrogens is 7. The van der Waals surface area contributed by atoms with E-state index in [0.29, 0.717) is 55.6 Å². The van der Waals surface area contributed by atoms with Crippen LogP contribution in [0, 0.1) is 41.7 Å². The number of amides is 4. The molecule has 6 fully saturated rings. The zero-order valence-electron chi connectivity index (χ0n) is 67.0. The number of methoxy groups -OCH3 is 1. The highest BCUT2D eigenvalue weighted by molar-refractivity contribution is 8.14. The van der Waals surface area contributed by atoms with Crippen LogP contribution in [0.25, 0.3) is 4.85 Å². The molecule has 2 saturated carbocycles. The van der Waals surface area contributed by atoms with E-state index in [1.54, 1.807) is 27.7 Å². The van der Waals surface area contributed by atoms with Crippen LogP contribution in [0.2, 0.25) is 0 Å². The van der Waals surface area contributed by atoms with Gasteiger partial charge >= 0.3 is 0 Å². The molecule has 0 radical (unpaired) electrons. The predicted molar refractivity (Wildman–Crippen MR) is 452 cm³/mol. The van der Waals surface area contributed by atoms with Crippen molar-refractivity contribution in [3.8, 4) is 17.6 Å². The number of hydrogen-bond acceptors (Lipinski definition) is 26. The maximum atomic E-state index is 15.7. The number of fused-ring (bicyclic) bond motifs is 4. The third-order valence-corrected chi connectivity index (χ3v) is 26.5. The van der Waals surface area contributed by atoms with E-state index in [9.17, 15) is 45.5 Å². The topological polar surface area (TPSA) is 325 Å². The first-order valence-electron chi connectivity index (χ1n) is 38.5. The van der Waals surface area contributed by atoms with Crippen LogP contribution >= 0.6 is 59.5 Å². The highest BCUT2D eigenvalue weighted by Gasteiger charge is 2.65. The van der Waals surface area contributed by atoms with E-state index in [1.165, 1.54) is 164 Å². The van der Waals surface area contributed by atoms with Crippen molar-refractivity contribution in [2.45, 2.75) is 97.7 Å². The van der Waals surface area contributed by atoms with Crippen LogP contribution in [0.1, 0.15) is 111 Å². The smallest absolute Gasteiger partial charge is 0.275 e. The molecule has 1 unspecified atom stereocenters. The molecule has 8 aliphatic heterocycles. The zero-order chi connectivity index (χ0) is 87.8. The van der Waals surface area contributed by atoms with Gasteiger partial charge in [-0.05, 0) is 125 Å². The molecular formula is C83H77ClF10N16O11S4. The first kappa shape index (κ1) is 90.8. The molecule has 27 nitrogen and oxygen atoms in total. The van der Waals surface area contributed by atoms with Crippen molar-refractivity contribution >= 4 is 132 Å². The lowest BCUT2D eigenvalue weighted by atomic mass is 9.79. The van der Waals surface area contributed by atoms with E-state index in [-0.39, 0.29) is 169 Å². The van der Waals surface area contributed by atoms with Crippen LogP contribution in [0.5, 0.6) is 17.6 Å². The molecule has 4 saturated heterocycles. The Balaban J connectivity index is 0.000000135. The third-order valence-electron chi connectivity index (χ3n) is 22.1. The van der Waals surface area contributed by atoms with Gasteiger partial charge in [-0.3, -0.25) is 44.1 Å². The number of pyridine rings is 1. The van der Waals surface area contributed by atoms with Crippen molar-refractivity contribution in [2.24, 2.45) is 31.8 Å². The van der Waals surface area contributed by atoms with E-state index in [0.717, 1.165) is 31.3 Å². The van der Waals surface area contributed by atoms with E-state index < -0.39 is 104 Å². The van der Waals surface area contributed by atoms with Crippen LogP contribution in [-0.2, 0) is 41.1 Å². The summed E-state index contributed by atoms with van der Waals surface area (Å²) < 4.78 is 185. The number of aliphatic imine (C=N–C) groups is 4. The molecule has 4 aromatic carbocycles. The minimum absolute atomic E-state index is 0. The van der Waals surface area contributed by atoms with Gasteiger partial charge in [-0.1, -0.05) is 6.07 Å². The molecule has 0 spiro atoms. The fraction of sp³-hybridized carbons (Fsp3) is 0.398. The first-order chi connectivity index (χ1) is 59.2. The standard InChI is InChI=1S/C22H20F4N4O3S.C22H22F2N4O3S.C20H16F2N4O2S.C19H18F2N4O3S.ClH/c1-12-30-21(10-32-9-20(21,24)11-34-12)15-4-14(2-3-16(15)23)29-19(31)17-6-28-18(7-27-17)33-8-13-5-22(13,25)26;1-13-28-22(11-30-10-21(22,24)12-32-13)16-6-15(4-5-17(16)23)27-20(29)18-7-26-19(8-25-18)31-9-14-2-3-14;1-12-26-20(10-28-9-19(20,22)11-29-12)15-7-13(3-5-16(15)21)25-18(27)17-6-4-14(23-2)8-24-17;1-11-25-19(9-28-8-18(19,21)10-29-11)13-5-12(3-4-14(13)20)24-17(26)15-6-23-16(27-2)7-22-15;/h2-4,6-7,13H,5,8-11H2,1H3,(H,29,31);4-8,14H,2-3,9-12H2,1H3,(H,27,29);3-8H,9-11H2,1H3,(H,25,27);3-7H,8-10H2,1-2H3,(H,24,26);1H/t13?,20-,21-;21-,22-;19-,20-;18-,19-;/m1111./s1. The highest BCUT2D eigenvalue weighted by atomic mass is 35.5. The number of nitrogens with one attached hydrogen (secondary N) is 4. The third kappa shape index (κ3) is 18.6. The number of hydrogen-bond donors (Lipinski definition) is 4. The Kier molecular flexibility index (Phi) is 26.5. The number of carbonyl (C=O) groups is 4. The summed E-state index contributed by atoms with van der Waals surface area (Å²) in [5.41, 5.74) is -11.6. The van der Waals surface area contributed by atoms with Gasteiger partial charge in [-0.2, -0.15) is 0 Å². The zero-order valence-corrected chi connectivity index (χ0v) is 71.1. The molecule has 125 heavy (non-hydrogen) atoms. The second kappa shape index (κ2) is 36.5. The SMILES string of the molecule is CC1=N[C@@]2(c3cc(NC(=O)c4cnc(OCC5CC5(F)F)cn4)ccc3F)COC[C@@]2(F)CS1.CC1=N[C@@]2(c3cc(NC(=O)c4cnc(OCC5CC5)cn4)ccc3F)COC[C@@]2(F)CS1.COc1cnc(C(=O)Nc2ccc(F)c([C@]34COC[C@@]3(F)CSC(C)=N4)c2)cn1.Cl.[C-]#[N+]c1ccc(C(=O)Nc2ccc(F)c([C@]34COC[C@@]3(F)CSC(C)=N4)c2)nc1. The molecule has 18 rings (SSSR count). The predicted octanol–water partition coefficient (Wildman–Crippen LogP) is 15.3. The summed E-state index contributed by atoms with van der Waals surface area (Å²) in [6.07, 6.45) is 11.0. The van der Waals surface area contributed by atoms with Gasteiger partial charge in [0.1, 0.15) is 68.2 Å². The molecule has 8 aromatic rings. The molecule has 0 bridgehead atoms. The number of thioether (sulfide) groups is 4. The van der Waals surface area contributed by atoms with E-state index in [4.69, 9.17) is 39.7 Å². The number of carbonyl (C=O) groups excluding carboxylic acids is 4. The summed E-state index contributed by atoms with van der Waals surface area (Å²) >= 11 is 5.11. The monoisotopic (exact) mass is 1830 g/mol. The molecule has 12 heterocycles. The van der Waals surface area contributed by atoms with Gasteiger partial charge in [-0.15, -0.1) is 59.5 Å². The van der Waals surface area contributed by atoms with E-state index >= 15 is 17.6 Å². The van der Waals surface area contributed by atoms with Gasteiger partial charge < -0.3 is 54.4 Å². The normalized spacial score (nSPS) is 26.8. The largest absolute Gasteiger partial charge is 0.480 e. The Hall–Kier alpha value is -10.5. The molecular weight excluding hydrogens is 1750 g/mol. The summed E-state index contributed by atoms with van der Waals surface area (Å²) in [7, 11) is 1.44. The highest BCUT2D eigenvalue weighted by Crippen LogP contribution is 2.56. The minimum Gasteiger partial charge on any atom is -0.480 e. The number of benzene rings is 4. The number of alkyl halides is 6. The van der Waals surface area contributed by atoms with E-state index in [2.05, 4.69) is 81.0 Å². The second-order valence-electron chi connectivity index (χ2n) is 30.7. The fourth-order valence-corrected chi connectivity index (χ4v) is 18.9. The maximum Gasteiger partial charge on any atom is 0.275 e. The van der Waals surface area contributed by atoms with Crippen molar-refractivity contribution in [3.63, 3.8) is 0 Å². The van der Waals surface area contributed by atoms with E-state index in [1.807, 2.05) is 0 Å². The molecule has 42 heteroatoms. The van der Waals surface area contributed by atoms with Gasteiger partial charge in [0.2, 0.25) is 23.3 Å². The van der Waals surface area contributed by atoms with Crippen molar-refractivity contribution in [2.75, 3.05) is 117 Å². The minimum atomic E-state index is -2.70. The van der Waals surface area contributed by atoms with Gasteiger partial charge in [0.15, 0.2) is 22.7 Å². The van der Waals surface area contributed by atoms with Crippen LogP contribution in [0.3, 0.4) is 0 Å². The summed E-state index contributed by atoms with van der Waals surface area (Å²) in [4.78, 5) is 99.2. The molecule has 4 N–H and O–H groups in total. The molecule has 656 valence electrons. The van der Waals surface area contributed by atoms with Crippen LogP contribution < -0.4 is 35.5 Å². The second-order valence-corrected chi connectivity index (χ2v) is 35.4. The van der Waals surface area contributed by atoms with Crippen LogP contribution in [0.15, 0.2) is 148 Å². The lowest BCUT2D eigenvalue weighted by molar-refractivity contribution is 0.0847. The molecule has 2 aliphatic carbocycles. The number of anilines is 4. The fourth-order valence-electron chi connectivity index (χ4n) is 14.9. The Morgan fingerprint density at radius 2 is 0.728 bits per heavy atom. The Morgan fingerprint density at radius 1 is 0.424 bits per heavy atom. The Bertz CT molecular complexity index is 5650. The average molecular weight is 1830 g/mol. The van der Waals surface area contributed by atoms with Crippen molar-refractivity contribution in [3.05, 3.63) is 208 Å². The van der Waals surface area contributed by atoms with Gasteiger partial charge in [0.25, 0.3) is 29.6 Å². The van der Waals surface area contributed by atoms with Crippen molar-refractivity contribution in [1.82, 2.24) is 34.9 Å². The van der Waals surface area contributed by atoms with Gasteiger partial charge in [-0.25, -0.2) is 78.7 Å². The summed E-state index contributed by atoms with van der Waals surface area (Å²) in [5.74, 6) is -6.55. The molecule has 4 amide bonds. The lowest BCUT2D eigenvalue weighted by Crippen LogP contribution is -2.51. The van der Waals surface area contributed by atoms with Crippen LogP contribution in [0.4, 0.5) is 72.3 Å². The summed E-state index contributed by atoms with van der Waals surface area (Å²) in [5, 5.41) is 13.1. The van der Waals surface area contributed by atoms with Gasteiger partial charge in [0.05, 0.1) is 143 Å². The quantitative estimate of drug-likeness (QED) is 0.0432. The number of rotatable bonds is 19. The number of halogens is 11. The Morgan fingerprint density at radius 3 is 1.00 bits per heavy atom. The van der Waals surface area contributed by atoms with Crippen molar-refractivity contribution < 1.29 is 96.2 Å². The Labute approximate surface area is 731 Å². The van der Waals surface area contributed by atoms with Crippen LogP contribution in [-0.4, -0.2) is 203 Å². The summed E-state index contributed by atoms with van der Waals surface area (Å²) in [6, 6.07) is 18.7. The number of nitrogens with zero attached hydrogens (tertiary/aromatic N) is 12. The van der Waals surface area contributed by atoms with Gasteiger partial charge in [0, 0.05) is 80.6 Å². The maximum absolute atomic E-state index is 15.7. The molecule has 4 aromatic heterocycles. The molecule has 10 aliphatic rings. The summed E-state index contributed by atoms with van der Waals surface area (Å²) in [6.45, 7) is 13.4. The first-order valence-corrected chi connectivity index (χ1v) is 42.4. The molecule has 9 atom stereocenters. The average Bonchev–Trinajstić information content (AvgIpc) is 1.62. The van der Waals surface area contributed by atoms with Crippen molar-refractivity contribution in [1.29, 1.82) is 0 Å².